The average Bonchev–Trinajstić information content (AvgIpc) is 3.15. The molecular formula is C16H23N5O3. The minimum absolute atomic E-state index is 0.0591. The molecule has 3 aliphatic rings. The first-order chi connectivity index (χ1) is 11.6. The van der Waals surface area contributed by atoms with Crippen molar-refractivity contribution in [3.05, 3.63) is 11.7 Å². The Labute approximate surface area is 140 Å². The van der Waals surface area contributed by atoms with Gasteiger partial charge >= 0.3 is 0 Å². The van der Waals surface area contributed by atoms with Crippen LogP contribution in [0.2, 0.25) is 0 Å². The molecule has 130 valence electrons. The summed E-state index contributed by atoms with van der Waals surface area (Å²) in [5, 5.41) is 7.37. The van der Waals surface area contributed by atoms with Crippen molar-refractivity contribution in [2.24, 2.45) is 11.8 Å². The number of rotatable bonds is 3. The summed E-state index contributed by atoms with van der Waals surface area (Å²) in [7, 11) is 2.03. The van der Waals surface area contributed by atoms with Gasteiger partial charge in [-0.2, -0.15) is 4.98 Å². The van der Waals surface area contributed by atoms with Crippen LogP contribution < -0.4 is 5.32 Å². The molecule has 4 rings (SSSR count). The number of amides is 2. The molecule has 3 heterocycles. The molecule has 2 aliphatic heterocycles. The molecule has 3 atom stereocenters. The minimum atomic E-state index is -0.137. The number of hydrogen-bond acceptors (Lipinski definition) is 7. The Morgan fingerprint density at radius 1 is 1.21 bits per heavy atom. The highest BCUT2D eigenvalue weighted by molar-refractivity contribution is 6.05. The third-order valence-electron chi connectivity index (χ3n) is 5.52. The zero-order valence-corrected chi connectivity index (χ0v) is 13.9. The SMILES string of the molecule is CN1CCNCC1c1noc(CN2C(=O)C3CCCCC3C2=O)n1. The zero-order valence-electron chi connectivity index (χ0n) is 13.9. The predicted octanol–water partition coefficient (Wildman–Crippen LogP) is 0.321. The molecule has 2 amide bonds. The third-order valence-corrected chi connectivity index (χ3v) is 5.52. The number of likely N-dealkylation sites (N-methyl/N-ethyl adjacent to an activating group) is 1. The van der Waals surface area contributed by atoms with Crippen LogP contribution in [0.4, 0.5) is 0 Å². The number of carbonyl (C=O) groups is 2. The van der Waals surface area contributed by atoms with Gasteiger partial charge in [-0.05, 0) is 19.9 Å². The number of carbonyl (C=O) groups excluding carboxylic acids is 2. The van der Waals surface area contributed by atoms with Crippen LogP contribution in [0.3, 0.4) is 0 Å². The highest BCUT2D eigenvalue weighted by Gasteiger charge is 2.48. The topological polar surface area (TPSA) is 91.6 Å². The highest BCUT2D eigenvalue weighted by Crippen LogP contribution is 2.38. The highest BCUT2D eigenvalue weighted by atomic mass is 16.5. The summed E-state index contributed by atoms with van der Waals surface area (Å²) in [6.45, 7) is 2.72. The first-order valence-corrected chi connectivity index (χ1v) is 8.74. The maximum atomic E-state index is 12.5. The van der Waals surface area contributed by atoms with Gasteiger partial charge in [0.05, 0.1) is 17.9 Å². The van der Waals surface area contributed by atoms with Crippen molar-refractivity contribution < 1.29 is 14.1 Å². The van der Waals surface area contributed by atoms with E-state index in [4.69, 9.17) is 4.52 Å². The molecule has 2 saturated heterocycles. The lowest BCUT2D eigenvalue weighted by Crippen LogP contribution is -2.44. The van der Waals surface area contributed by atoms with Gasteiger partial charge in [0.25, 0.3) is 0 Å². The minimum Gasteiger partial charge on any atom is -0.337 e. The van der Waals surface area contributed by atoms with Crippen molar-refractivity contribution >= 4 is 11.8 Å². The van der Waals surface area contributed by atoms with Crippen LogP contribution in [-0.4, -0.2) is 58.4 Å². The maximum absolute atomic E-state index is 12.5. The molecule has 8 heteroatoms. The van der Waals surface area contributed by atoms with Gasteiger partial charge in [-0.3, -0.25) is 19.4 Å². The lowest BCUT2D eigenvalue weighted by atomic mass is 9.81. The number of nitrogens with one attached hydrogen (secondary N) is 1. The largest absolute Gasteiger partial charge is 0.337 e. The number of hydrogen-bond donors (Lipinski definition) is 1. The third kappa shape index (κ3) is 2.63. The Kier molecular flexibility index (Phi) is 4.09. The summed E-state index contributed by atoms with van der Waals surface area (Å²) in [5.41, 5.74) is 0. The fourth-order valence-corrected chi connectivity index (χ4v) is 4.08. The fourth-order valence-electron chi connectivity index (χ4n) is 4.08. The molecule has 1 N–H and O–H groups in total. The second kappa shape index (κ2) is 6.25. The van der Waals surface area contributed by atoms with Gasteiger partial charge in [0, 0.05) is 19.6 Å². The van der Waals surface area contributed by atoms with Crippen LogP contribution in [0.5, 0.6) is 0 Å². The monoisotopic (exact) mass is 333 g/mol. The van der Waals surface area contributed by atoms with Crippen LogP contribution in [0.1, 0.15) is 43.4 Å². The van der Waals surface area contributed by atoms with E-state index in [9.17, 15) is 9.59 Å². The number of fused-ring (bicyclic) bond motifs is 1. The second-order valence-corrected chi connectivity index (χ2v) is 7.01. The second-order valence-electron chi connectivity index (χ2n) is 7.01. The number of piperazine rings is 1. The Hall–Kier alpha value is -1.80. The molecule has 24 heavy (non-hydrogen) atoms. The standard InChI is InChI=1S/C16H23N5O3/c1-20-7-6-17-8-12(20)14-18-13(24-19-14)9-21-15(22)10-4-2-3-5-11(10)16(21)23/h10-12,17H,2-9H2,1H3. The van der Waals surface area contributed by atoms with Gasteiger partial charge in [-0.15, -0.1) is 0 Å². The van der Waals surface area contributed by atoms with Crippen molar-refractivity contribution in [3.8, 4) is 0 Å². The van der Waals surface area contributed by atoms with Crippen LogP contribution in [0.25, 0.3) is 0 Å². The van der Waals surface area contributed by atoms with E-state index in [1.807, 2.05) is 7.05 Å². The lowest BCUT2D eigenvalue weighted by molar-refractivity contribution is -0.141. The fraction of sp³-hybridized carbons (Fsp3) is 0.750. The van der Waals surface area contributed by atoms with E-state index >= 15 is 0 Å². The lowest BCUT2D eigenvalue weighted by Gasteiger charge is -2.30. The summed E-state index contributed by atoms with van der Waals surface area (Å²) < 4.78 is 5.32. The molecule has 1 aromatic rings. The van der Waals surface area contributed by atoms with Crippen molar-refractivity contribution in [3.63, 3.8) is 0 Å². The molecule has 0 bridgehead atoms. The van der Waals surface area contributed by atoms with E-state index < -0.39 is 0 Å². The van der Waals surface area contributed by atoms with E-state index in [2.05, 4.69) is 20.4 Å². The van der Waals surface area contributed by atoms with E-state index in [0.29, 0.717) is 11.7 Å². The predicted molar refractivity (Wildman–Crippen MR) is 83.5 cm³/mol. The summed E-state index contributed by atoms with van der Waals surface area (Å²) in [6, 6.07) is 0.0591. The molecule has 0 spiro atoms. The molecule has 3 fully saturated rings. The van der Waals surface area contributed by atoms with E-state index in [-0.39, 0.29) is 36.2 Å². The molecule has 0 radical (unpaired) electrons. The molecule has 1 aliphatic carbocycles. The maximum Gasteiger partial charge on any atom is 0.246 e. The van der Waals surface area contributed by atoms with Gasteiger partial charge in [0.1, 0.15) is 6.54 Å². The van der Waals surface area contributed by atoms with Crippen LogP contribution in [-0.2, 0) is 16.1 Å². The number of aromatic nitrogens is 2. The summed E-state index contributed by atoms with van der Waals surface area (Å²) in [4.78, 5) is 32.9. The van der Waals surface area contributed by atoms with Crippen molar-refractivity contribution in [2.75, 3.05) is 26.7 Å². The quantitative estimate of drug-likeness (QED) is 0.797. The molecule has 3 unspecified atom stereocenters. The Balaban J connectivity index is 1.48. The smallest absolute Gasteiger partial charge is 0.246 e. The van der Waals surface area contributed by atoms with Gasteiger partial charge < -0.3 is 9.84 Å². The van der Waals surface area contributed by atoms with Gasteiger partial charge in [0.15, 0.2) is 5.82 Å². The van der Waals surface area contributed by atoms with E-state index in [1.165, 1.54) is 4.90 Å². The molecule has 1 saturated carbocycles. The summed E-state index contributed by atoms with van der Waals surface area (Å²) in [5.74, 6) is 0.534. The van der Waals surface area contributed by atoms with Crippen molar-refractivity contribution in [2.45, 2.75) is 38.3 Å². The van der Waals surface area contributed by atoms with E-state index in [1.54, 1.807) is 0 Å². The summed E-state index contributed by atoms with van der Waals surface area (Å²) in [6.07, 6.45) is 3.69. The van der Waals surface area contributed by atoms with Crippen molar-refractivity contribution in [1.29, 1.82) is 0 Å². The van der Waals surface area contributed by atoms with Gasteiger partial charge in [-0.1, -0.05) is 18.0 Å². The molecule has 0 aromatic carbocycles. The van der Waals surface area contributed by atoms with E-state index in [0.717, 1.165) is 45.3 Å². The number of imide groups is 1. The van der Waals surface area contributed by atoms with Crippen LogP contribution >= 0.6 is 0 Å². The van der Waals surface area contributed by atoms with Gasteiger partial charge in [-0.25, -0.2) is 0 Å². The zero-order chi connectivity index (χ0) is 16.7. The Morgan fingerprint density at radius 3 is 2.58 bits per heavy atom. The molecular weight excluding hydrogens is 310 g/mol. The normalized spacial score (nSPS) is 31.5. The Morgan fingerprint density at radius 2 is 1.92 bits per heavy atom. The first kappa shape index (κ1) is 15.7. The number of nitrogens with zero attached hydrogens (tertiary/aromatic N) is 4. The van der Waals surface area contributed by atoms with Crippen LogP contribution in [0, 0.1) is 11.8 Å². The number of likely N-dealkylation sites (tertiary alicyclic amines) is 1. The van der Waals surface area contributed by atoms with Crippen LogP contribution in [0.15, 0.2) is 4.52 Å². The first-order valence-electron chi connectivity index (χ1n) is 8.74. The average molecular weight is 333 g/mol. The van der Waals surface area contributed by atoms with Crippen molar-refractivity contribution in [1.82, 2.24) is 25.3 Å². The Bertz CT molecular complexity index is 621. The van der Waals surface area contributed by atoms with Gasteiger partial charge in [0.2, 0.25) is 17.7 Å². The molecule has 8 nitrogen and oxygen atoms in total. The summed E-state index contributed by atoms with van der Waals surface area (Å²) >= 11 is 0. The molecule has 1 aromatic heterocycles.